The number of aromatic nitrogens is 4. The zero-order valence-electron chi connectivity index (χ0n) is 12.7. The summed E-state index contributed by atoms with van der Waals surface area (Å²) < 4.78 is 6.27. The molecule has 1 saturated carbocycles. The maximum absolute atomic E-state index is 6.27. The van der Waals surface area contributed by atoms with Gasteiger partial charge in [0.15, 0.2) is 5.65 Å². The van der Waals surface area contributed by atoms with E-state index in [1.165, 1.54) is 19.3 Å². The Balaban J connectivity index is 1.89. The van der Waals surface area contributed by atoms with Crippen LogP contribution in [0.2, 0.25) is 0 Å². The Morgan fingerprint density at radius 3 is 2.95 bits per heavy atom. The zero-order valence-corrected chi connectivity index (χ0v) is 12.7. The van der Waals surface area contributed by atoms with Crippen LogP contribution < -0.4 is 10.1 Å². The molecule has 1 fully saturated rings. The van der Waals surface area contributed by atoms with E-state index >= 15 is 0 Å². The number of H-pyrrole nitrogens is 1. The van der Waals surface area contributed by atoms with E-state index in [1.54, 1.807) is 6.20 Å². The van der Waals surface area contributed by atoms with E-state index in [0.717, 1.165) is 30.4 Å². The lowest BCUT2D eigenvalue weighted by Crippen LogP contribution is -2.30. The van der Waals surface area contributed by atoms with Crippen LogP contribution in [-0.2, 0) is 0 Å². The first-order chi connectivity index (χ1) is 10.3. The zero-order chi connectivity index (χ0) is 14.7. The minimum Gasteiger partial charge on any atom is -0.473 e. The molecule has 3 rings (SSSR count). The minimum atomic E-state index is 0.256. The molecular formula is C15H23N5O. The van der Waals surface area contributed by atoms with Crippen molar-refractivity contribution in [2.75, 3.05) is 11.9 Å². The molecule has 0 spiro atoms. The largest absolute Gasteiger partial charge is 0.473 e. The lowest BCUT2D eigenvalue weighted by molar-refractivity contribution is 0.0876. The average Bonchev–Trinajstić information content (AvgIpc) is 2.97. The molecule has 0 amide bonds. The van der Waals surface area contributed by atoms with Gasteiger partial charge in [0.1, 0.15) is 11.5 Å². The number of fused-ring (bicyclic) bond motifs is 1. The number of ether oxygens (including phenoxy) is 1. The summed E-state index contributed by atoms with van der Waals surface area (Å²) in [5.74, 6) is 1.86. The molecular weight excluding hydrogens is 266 g/mol. The molecule has 2 aromatic heterocycles. The van der Waals surface area contributed by atoms with E-state index in [4.69, 9.17) is 4.74 Å². The van der Waals surface area contributed by atoms with E-state index < -0.39 is 0 Å². The number of nitrogens with zero attached hydrogens (tertiary/aromatic N) is 3. The Morgan fingerprint density at radius 2 is 2.14 bits per heavy atom. The highest BCUT2D eigenvalue weighted by Gasteiger charge is 2.26. The molecule has 2 aromatic rings. The second-order valence-electron chi connectivity index (χ2n) is 5.62. The lowest BCUT2D eigenvalue weighted by atomic mass is 9.85. The molecule has 1 aliphatic rings. The van der Waals surface area contributed by atoms with Crippen molar-refractivity contribution in [2.45, 2.75) is 52.1 Å². The summed E-state index contributed by atoms with van der Waals surface area (Å²) in [6.07, 6.45) is 8.06. The maximum Gasteiger partial charge on any atom is 0.229 e. The highest BCUT2D eigenvalue weighted by atomic mass is 16.5. The van der Waals surface area contributed by atoms with Crippen molar-refractivity contribution < 1.29 is 4.74 Å². The quantitative estimate of drug-likeness (QED) is 0.884. The van der Waals surface area contributed by atoms with Crippen LogP contribution in [0, 0.1) is 5.92 Å². The van der Waals surface area contributed by atoms with Gasteiger partial charge in [-0.15, -0.1) is 0 Å². The van der Waals surface area contributed by atoms with E-state index in [9.17, 15) is 0 Å². The molecule has 2 heterocycles. The van der Waals surface area contributed by atoms with Gasteiger partial charge in [-0.2, -0.15) is 15.1 Å². The van der Waals surface area contributed by atoms with Crippen LogP contribution in [0.3, 0.4) is 0 Å². The van der Waals surface area contributed by atoms with Crippen molar-refractivity contribution in [3.8, 4) is 5.88 Å². The molecule has 6 heteroatoms. The lowest BCUT2D eigenvalue weighted by Gasteiger charge is -2.30. The minimum absolute atomic E-state index is 0.256. The molecule has 6 nitrogen and oxygen atoms in total. The third-order valence-electron chi connectivity index (χ3n) is 4.24. The van der Waals surface area contributed by atoms with Crippen LogP contribution in [0.25, 0.3) is 11.0 Å². The maximum atomic E-state index is 6.27. The van der Waals surface area contributed by atoms with Crippen molar-refractivity contribution in [3.05, 3.63) is 6.20 Å². The molecule has 0 aromatic carbocycles. The van der Waals surface area contributed by atoms with Crippen LogP contribution >= 0.6 is 0 Å². The van der Waals surface area contributed by atoms with Crippen LogP contribution in [0.5, 0.6) is 5.88 Å². The van der Waals surface area contributed by atoms with Gasteiger partial charge in [0.2, 0.25) is 11.8 Å². The summed E-state index contributed by atoms with van der Waals surface area (Å²) in [7, 11) is 0. The van der Waals surface area contributed by atoms with Crippen molar-refractivity contribution >= 4 is 17.0 Å². The van der Waals surface area contributed by atoms with Gasteiger partial charge in [0, 0.05) is 6.54 Å². The Hall–Kier alpha value is -1.85. The van der Waals surface area contributed by atoms with Gasteiger partial charge in [0.05, 0.1) is 6.20 Å². The topological polar surface area (TPSA) is 75.7 Å². The van der Waals surface area contributed by atoms with E-state index in [2.05, 4.69) is 32.4 Å². The summed E-state index contributed by atoms with van der Waals surface area (Å²) in [5.41, 5.74) is 0.722. The van der Waals surface area contributed by atoms with Crippen LogP contribution in [0.1, 0.15) is 46.0 Å². The van der Waals surface area contributed by atoms with Crippen LogP contribution in [0.4, 0.5) is 5.95 Å². The third-order valence-corrected chi connectivity index (χ3v) is 4.24. The van der Waals surface area contributed by atoms with Gasteiger partial charge in [-0.25, -0.2) is 0 Å². The Morgan fingerprint density at radius 1 is 1.29 bits per heavy atom. The summed E-state index contributed by atoms with van der Waals surface area (Å²) in [4.78, 5) is 8.92. The van der Waals surface area contributed by atoms with Gasteiger partial charge in [-0.05, 0) is 38.5 Å². The fourth-order valence-corrected chi connectivity index (χ4v) is 3.07. The van der Waals surface area contributed by atoms with Crippen molar-refractivity contribution in [2.24, 2.45) is 5.92 Å². The molecule has 21 heavy (non-hydrogen) atoms. The Bertz CT molecular complexity index is 597. The number of nitrogens with one attached hydrogen (secondary N) is 2. The highest BCUT2D eigenvalue weighted by Crippen LogP contribution is 2.32. The van der Waals surface area contributed by atoms with Crippen molar-refractivity contribution in [1.82, 2.24) is 20.2 Å². The molecule has 0 bridgehead atoms. The van der Waals surface area contributed by atoms with Crippen molar-refractivity contribution in [3.63, 3.8) is 0 Å². The molecule has 2 atom stereocenters. The van der Waals surface area contributed by atoms with Gasteiger partial charge in [-0.1, -0.05) is 13.3 Å². The molecule has 1 aliphatic carbocycles. The predicted octanol–water partition coefficient (Wildman–Crippen LogP) is 3.13. The smallest absolute Gasteiger partial charge is 0.229 e. The van der Waals surface area contributed by atoms with E-state index in [1.807, 2.05) is 6.92 Å². The van der Waals surface area contributed by atoms with Crippen LogP contribution in [-0.4, -0.2) is 32.8 Å². The van der Waals surface area contributed by atoms with Crippen molar-refractivity contribution in [1.29, 1.82) is 0 Å². The average molecular weight is 289 g/mol. The number of anilines is 1. The second-order valence-corrected chi connectivity index (χ2v) is 5.62. The standard InChI is InChI=1S/C15H23N5O/c1-3-10-7-5-6-8-12(10)21-14-11-9-17-20-13(11)18-15(19-14)16-4-2/h9-10,12H,3-8H2,1-2H3,(H2,16,17,18,19,20). The third kappa shape index (κ3) is 2.94. The van der Waals surface area contributed by atoms with Crippen LogP contribution in [0.15, 0.2) is 6.20 Å². The first kappa shape index (κ1) is 14.1. The molecule has 2 N–H and O–H groups in total. The van der Waals surface area contributed by atoms with Gasteiger partial charge < -0.3 is 10.1 Å². The van der Waals surface area contributed by atoms with E-state index in [0.29, 0.717) is 17.7 Å². The monoisotopic (exact) mass is 289 g/mol. The first-order valence-electron chi connectivity index (χ1n) is 7.93. The fourth-order valence-electron chi connectivity index (χ4n) is 3.07. The number of rotatable bonds is 5. The fraction of sp³-hybridized carbons (Fsp3) is 0.667. The van der Waals surface area contributed by atoms with Gasteiger partial charge in [-0.3, -0.25) is 5.10 Å². The molecule has 2 unspecified atom stereocenters. The molecule has 0 saturated heterocycles. The summed E-state index contributed by atoms with van der Waals surface area (Å²) in [5, 5.41) is 11.0. The first-order valence-corrected chi connectivity index (χ1v) is 7.93. The highest BCUT2D eigenvalue weighted by molar-refractivity contribution is 5.80. The van der Waals surface area contributed by atoms with Gasteiger partial charge in [0.25, 0.3) is 0 Å². The predicted molar refractivity (Wildman–Crippen MR) is 82.5 cm³/mol. The summed E-state index contributed by atoms with van der Waals surface area (Å²) >= 11 is 0. The second kappa shape index (κ2) is 6.28. The normalized spacial score (nSPS) is 22.4. The molecule has 114 valence electrons. The number of hydrogen-bond donors (Lipinski definition) is 2. The molecule has 0 aliphatic heterocycles. The summed E-state index contributed by atoms with van der Waals surface area (Å²) in [6, 6.07) is 0. The van der Waals surface area contributed by atoms with Gasteiger partial charge >= 0.3 is 0 Å². The Labute approximate surface area is 124 Å². The molecule has 0 radical (unpaired) electrons. The summed E-state index contributed by atoms with van der Waals surface area (Å²) in [6.45, 7) is 5.04. The SMILES string of the molecule is CCNc1nc(OC2CCCCC2CC)c2cn[nH]c2n1. The Kier molecular flexibility index (Phi) is 4.22. The van der Waals surface area contributed by atoms with E-state index in [-0.39, 0.29) is 6.10 Å². The number of aromatic amines is 1. The number of hydrogen-bond acceptors (Lipinski definition) is 5.